The number of esters is 1. The molecule has 2 rings (SSSR count). The van der Waals surface area contributed by atoms with Crippen LogP contribution in [0.4, 0.5) is 5.00 Å². The Bertz CT molecular complexity index is 622. The van der Waals surface area contributed by atoms with Crippen molar-refractivity contribution >= 4 is 33.9 Å². The van der Waals surface area contributed by atoms with E-state index in [-0.39, 0.29) is 5.97 Å². The lowest BCUT2D eigenvalue weighted by Crippen LogP contribution is -2.07. The number of ether oxygens (including phenoxy) is 1. The second-order valence-electron chi connectivity index (χ2n) is 4.07. The Morgan fingerprint density at radius 3 is 2.84 bits per heavy atom. The molecule has 100 valence electrons. The summed E-state index contributed by atoms with van der Waals surface area (Å²) in [6.45, 7) is 4.02. The van der Waals surface area contributed by atoms with Crippen LogP contribution in [0.3, 0.4) is 0 Å². The lowest BCUT2D eigenvalue weighted by molar-refractivity contribution is 0.0529. The quantitative estimate of drug-likeness (QED) is 0.866. The van der Waals surface area contributed by atoms with E-state index < -0.39 is 0 Å². The Morgan fingerprint density at radius 1 is 1.47 bits per heavy atom. The first kappa shape index (κ1) is 13.9. The molecular formula is C14H14ClNO2S. The summed E-state index contributed by atoms with van der Waals surface area (Å²) in [5.74, 6) is -0.385. The van der Waals surface area contributed by atoms with Crippen molar-refractivity contribution in [3.63, 3.8) is 0 Å². The highest BCUT2D eigenvalue weighted by atomic mass is 35.5. The van der Waals surface area contributed by atoms with Crippen molar-refractivity contribution in [3.8, 4) is 11.1 Å². The van der Waals surface area contributed by atoms with Crippen LogP contribution in [0.25, 0.3) is 11.1 Å². The molecule has 1 aromatic heterocycles. The molecule has 0 aliphatic heterocycles. The minimum Gasteiger partial charge on any atom is -0.462 e. The Kier molecular flexibility index (Phi) is 4.12. The molecule has 2 aromatic rings. The lowest BCUT2D eigenvalue weighted by Gasteiger charge is -2.07. The van der Waals surface area contributed by atoms with Gasteiger partial charge in [-0.1, -0.05) is 17.7 Å². The van der Waals surface area contributed by atoms with Crippen LogP contribution in [0.5, 0.6) is 0 Å². The van der Waals surface area contributed by atoms with Gasteiger partial charge in [-0.15, -0.1) is 11.3 Å². The highest BCUT2D eigenvalue weighted by molar-refractivity contribution is 7.14. The highest BCUT2D eigenvalue weighted by Crippen LogP contribution is 2.35. The second kappa shape index (κ2) is 5.63. The number of anilines is 1. The molecule has 1 heterocycles. The van der Waals surface area contributed by atoms with Gasteiger partial charge in [0.2, 0.25) is 0 Å². The Morgan fingerprint density at radius 2 is 2.21 bits per heavy atom. The number of halogens is 1. The fraction of sp³-hybridized carbons (Fsp3) is 0.214. The van der Waals surface area contributed by atoms with E-state index in [0.717, 1.165) is 16.7 Å². The number of carbonyl (C=O) groups is 1. The zero-order valence-corrected chi connectivity index (χ0v) is 12.3. The van der Waals surface area contributed by atoms with Gasteiger partial charge in [-0.05, 0) is 37.1 Å². The summed E-state index contributed by atoms with van der Waals surface area (Å²) >= 11 is 7.35. The van der Waals surface area contributed by atoms with Crippen molar-refractivity contribution in [3.05, 3.63) is 39.7 Å². The molecule has 0 aliphatic rings. The minimum atomic E-state index is -0.385. The maximum Gasteiger partial charge on any atom is 0.341 e. The Hall–Kier alpha value is -1.52. The lowest BCUT2D eigenvalue weighted by atomic mass is 10.0. The number of nitrogen functional groups attached to an aromatic ring is 1. The van der Waals surface area contributed by atoms with Gasteiger partial charge in [0.25, 0.3) is 0 Å². The molecule has 0 unspecified atom stereocenters. The minimum absolute atomic E-state index is 0.327. The molecule has 3 nitrogen and oxygen atoms in total. The van der Waals surface area contributed by atoms with Crippen LogP contribution in [0.15, 0.2) is 23.6 Å². The summed E-state index contributed by atoms with van der Waals surface area (Å²) < 4.78 is 5.04. The van der Waals surface area contributed by atoms with Gasteiger partial charge in [0.05, 0.1) is 6.61 Å². The summed E-state index contributed by atoms with van der Waals surface area (Å²) in [5, 5.41) is 3.04. The molecule has 0 atom stereocenters. The summed E-state index contributed by atoms with van der Waals surface area (Å²) in [6.07, 6.45) is 0. The molecule has 0 amide bonds. The van der Waals surface area contributed by atoms with E-state index in [0.29, 0.717) is 22.2 Å². The molecule has 0 saturated carbocycles. The van der Waals surface area contributed by atoms with E-state index in [9.17, 15) is 4.79 Å². The highest BCUT2D eigenvalue weighted by Gasteiger charge is 2.19. The number of thiophene rings is 1. The largest absolute Gasteiger partial charge is 0.462 e. The summed E-state index contributed by atoms with van der Waals surface area (Å²) in [7, 11) is 0. The first-order valence-corrected chi connectivity index (χ1v) is 7.11. The van der Waals surface area contributed by atoms with Crippen LogP contribution in [0, 0.1) is 6.92 Å². The molecule has 0 radical (unpaired) electrons. The third kappa shape index (κ3) is 2.74. The maximum atomic E-state index is 12.0. The van der Waals surface area contributed by atoms with Crippen LogP contribution in [-0.2, 0) is 4.74 Å². The van der Waals surface area contributed by atoms with E-state index in [1.54, 1.807) is 6.92 Å². The van der Waals surface area contributed by atoms with E-state index in [2.05, 4.69) is 0 Å². The number of hydrogen-bond acceptors (Lipinski definition) is 4. The van der Waals surface area contributed by atoms with Crippen LogP contribution < -0.4 is 5.73 Å². The molecule has 0 aliphatic carbocycles. The fourth-order valence-electron chi connectivity index (χ4n) is 1.81. The van der Waals surface area contributed by atoms with Crippen molar-refractivity contribution in [2.45, 2.75) is 13.8 Å². The van der Waals surface area contributed by atoms with Crippen molar-refractivity contribution in [2.75, 3.05) is 12.3 Å². The number of benzene rings is 1. The first-order valence-electron chi connectivity index (χ1n) is 5.85. The summed E-state index contributed by atoms with van der Waals surface area (Å²) in [6, 6.07) is 5.63. The van der Waals surface area contributed by atoms with Crippen molar-refractivity contribution in [2.24, 2.45) is 0 Å². The number of rotatable bonds is 3. The molecule has 0 spiro atoms. The van der Waals surface area contributed by atoms with Crippen LogP contribution in [0.1, 0.15) is 22.8 Å². The standard InChI is InChI=1S/C14H14ClNO2S/c1-3-18-14(17)12-10(7-19-13(12)16)9-4-5-11(15)8(2)6-9/h4-7H,3,16H2,1-2H3. The molecule has 1 aromatic carbocycles. The Balaban J connectivity index is 2.50. The first-order chi connectivity index (χ1) is 9.04. The molecule has 5 heteroatoms. The van der Waals surface area contributed by atoms with Crippen LogP contribution in [0.2, 0.25) is 5.02 Å². The number of hydrogen-bond donors (Lipinski definition) is 1. The predicted octanol–water partition coefficient (Wildman–Crippen LogP) is 4.14. The van der Waals surface area contributed by atoms with Gasteiger partial charge >= 0.3 is 5.97 Å². The molecule has 19 heavy (non-hydrogen) atoms. The van der Waals surface area contributed by atoms with E-state index in [1.807, 2.05) is 30.5 Å². The van der Waals surface area contributed by atoms with Crippen LogP contribution >= 0.6 is 22.9 Å². The Labute approximate surface area is 121 Å². The molecule has 0 bridgehead atoms. The topological polar surface area (TPSA) is 52.3 Å². The number of aryl methyl sites for hydroxylation is 1. The monoisotopic (exact) mass is 295 g/mol. The SMILES string of the molecule is CCOC(=O)c1c(-c2ccc(Cl)c(C)c2)csc1N. The normalized spacial score (nSPS) is 10.5. The third-order valence-corrected chi connectivity index (χ3v) is 4.00. The van der Waals surface area contributed by atoms with Crippen molar-refractivity contribution < 1.29 is 9.53 Å². The van der Waals surface area contributed by atoms with Crippen LogP contribution in [-0.4, -0.2) is 12.6 Å². The van der Waals surface area contributed by atoms with Gasteiger partial charge in [-0.2, -0.15) is 0 Å². The van der Waals surface area contributed by atoms with E-state index >= 15 is 0 Å². The number of nitrogens with two attached hydrogens (primary N) is 1. The van der Waals surface area contributed by atoms with Gasteiger partial charge in [-0.3, -0.25) is 0 Å². The zero-order chi connectivity index (χ0) is 14.0. The van der Waals surface area contributed by atoms with Crippen molar-refractivity contribution in [1.82, 2.24) is 0 Å². The molecule has 0 fully saturated rings. The van der Waals surface area contributed by atoms with Gasteiger partial charge in [0.1, 0.15) is 10.6 Å². The molecule has 2 N–H and O–H groups in total. The molecule has 0 saturated heterocycles. The average Bonchev–Trinajstić information content (AvgIpc) is 2.75. The molecular weight excluding hydrogens is 282 g/mol. The zero-order valence-electron chi connectivity index (χ0n) is 10.7. The summed E-state index contributed by atoms with van der Waals surface area (Å²) in [5.41, 5.74) is 8.97. The average molecular weight is 296 g/mol. The van der Waals surface area contributed by atoms with E-state index in [1.165, 1.54) is 11.3 Å². The fourth-order valence-corrected chi connectivity index (χ4v) is 2.74. The number of carbonyl (C=O) groups excluding carboxylic acids is 1. The van der Waals surface area contributed by atoms with Gasteiger partial charge in [0, 0.05) is 16.0 Å². The third-order valence-electron chi connectivity index (χ3n) is 2.77. The van der Waals surface area contributed by atoms with Gasteiger partial charge in [0.15, 0.2) is 0 Å². The van der Waals surface area contributed by atoms with Gasteiger partial charge < -0.3 is 10.5 Å². The second-order valence-corrected chi connectivity index (χ2v) is 5.39. The predicted molar refractivity (Wildman–Crippen MR) is 79.9 cm³/mol. The smallest absolute Gasteiger partial charge is 0.341 e. The summed E-state index contributed by atoms with van der Waals surface area (Å²) in [4.78, 5) is 12.0. The van der Waals surface area contributed by atoms with E-state index in [4.69, 9.17) is 22.1 Å². The van der Waals surface area contributed by atoms with Gasteiger partial charge in [-0.25, -0.2) is 4.79 Å². The maximum absolute atomic E-state index is 12.0. The van der Waals surface area contributed by atoms with Crippen molar-refractivity contribution in [1.29, 1.82) is 0 Å².